The number of piperidine rings is 2. The van der Waals surface area contributed by atoms with Crippen LogP contribution in [0.15, 0.2) is 73.3 Å². The summed E-state index contributed by atoms with van der Waals surface area (Å²) in [5, 5.41) is 19.0. The number of carbonyl (C=O) groups is 2. The van der Waals surface area contributed by atoms with Gasteiger partial charge >= 0.3 is 7.12 Å². The normalized spacial score (nSPS) is 14.8. The van der Waals surface area contributed by atoms with Crippen molar-refractivity contribution in [3.63, 3.8) is 0 Å². The standard InChI is InChI=1S/C19H23ClN4O.C11H13Cl2N3O.C7H9BO2/c1-23(2)15-5-3-13(4-6-15)16-11-22-12-17(20)18(16)24-9-7-14(8-10-24)19(21)25;12-8-5-15-6-9(13)10(8)16-3-1-7(2-4-16)11(14)17;1-6-2-4-7(5-3-6)8(9)10/h3-6,11-12,14H,7-10H2,1-2H3,(H2,21,25);5-7H,1-4H2,(H2,14,17);2-5,9-10H,1H3. The van der Waals surface area contributed by atoms with Crippen LogP contribution in [-0.4, -0.2) is 79.2 Å². The molecule has 2 aromatic carbocycles. The van der Waals surface area contributed by atoms with Crippen LogP contribution < -0.4 is 31.6 Å². The molecule has 0 unspecified atom stereocenters. The van der Waals surface area contributed by atoms with E-state index in [0.29, 0.717) is 20.5 Å². The molecule has 52 heavy (non-hydrogen) atoms. The van der Waals surface area contributed by atoms with Crippen molar-refractivity contribution in [2.75, 3.05) is 55.0 Å². The van der Waals surface area contributed by atoms with Gasteiger partial charge in [0, 0.05) is 88.1 Å². The minimum Gasteiger partial charge on any atom is -0.423 e. The zero-order chi connectivity index (χ0) is 37.9. The Labute approximate surface area is 320 Å². The van der Waals surface area contributed by atoms with E-state index in [1.807, 2.05) is 39.3 Å². The lowest BCUT2D eigenvalue weighted by molar-refractivity contribution is -0.123. The van der Waals surface area contributed by atoms with Crippen molar-refractivity contribution in [2.45, 2.75) is 32.6 Å². The predicted octanol–water partition coefficient (Wildman–Crippen LogP) is 4.93. The molecule has 15 heteroatoms. The zero-order valence-corrected chi connectivity index (χ0v) is 31.8. The van der Waals surface area contributed by atoms with Gasteiger partial charge in [0.1, 0.15) is 0 Å². The molecule has 0 radical (unpaired) electrons. The SMILES string of the molecule is CN(C)c1ccc(-c2cncc(Cl)c2N2CCC(C(N)=O)CC2)cc1.Cc1ccc(B(O)O)cc1.NC(=O)C1CCN(c2c(Cl)cncc2Cl)CC1. The number of benzene rings is 2. The smallest absolute Gasteiger partial charge is 0.423 e. The van der Waals surface area contributed by atoms with Crippen LogP contribution in [0.5, 0.6) is 0 Å². The highest BCUT2D eigenvalue weighted by Gasteiger charge is 2.27. The van der Waals surface area contributed by atoms with E-state index in [1.54, 1.807) is 30.7 Å². The van der Waals surface area contributed by atoms with Gasteiger partial charge in [0.05, 0.1) is 26.4 Å². The molecular formula is C37H45BCl3N7O4. The largest absolute Gasteiger partial charge is 0.488 e. The van der Waals surface area contributed by atoms with Crippen molar-refractivity contribution in [1.82, 2.24) is 9.97 Å². The number of hydrogen-bond donors (Lipinski definition) is 4. The molecule has 11 nitrogen and oxygen atoms in total. The fourth-order valence-corrected chi connectivity index (χ4v) is 7.00. The average Bonchev–Trinajstić information content (AvgIpc) is 3.12. The number of pyridine rings is 2. The van der Waals surface area contributed by atoms with E-state index in [-0.39, 0.29) is 23.7 Å². The first-order valence-corrected chi connectivity index (χ1v) is 18.1. The molecule has 2 amide bonds. The van der Waals surface area contributed by atoms with E-state index in [1.165, 1.54) is 0 Å². The minimum atomic E-state index is -1.35. The number of carbonyl (C=O) groups excluding carboxylic acids is 2. The Morgan fingerprint density at radius 2 is 1.13 bits per heavy atom. The van der Waals surface area contributed by atoms with Gasteiger partial charge in [-0.25, -0.2) is 0 Å². The lowest BCUT2D eigenvalue weighted by Gasteiger charge is -2.34. The molecule has 0 bridgehead atoms. The number of aryl methyl sites for hydroxylation is 1. The van der Waals surface area contributed by atoms with Gasteiger partial charge in [-0.2, -0.15) is 0 Å². The van der Waals surface area contributed by atoms with Crippen LogP contribution in [0.25, 0.3) is 11.1 Å². The summed E-state index contributed by atoms with van der Waals surface area (Å²) in [4.78, 5) is 37.0. The summed E-state index contributed by atoms with van der Waals surface area (Å²) in [6.45, 7) is 4.95. The molecule has 0 saturated carbocycles. The first-order valence-electron chi connectivity index (χ1n) is 17.0. The molecule has 0 aliphatic carbocycles. The molecule has 6 rings (SSSR count). The van der Waals surface area contributed by atoms with E-state index in [4.69, 9.17) is 56.3 Å². The first-order chi connectivity index (χ1) is 24.8. The second kappa shape index (κ2) is 19.1. The Morgan fingerprint density at radius 3 is 1.56 bits per heavy atom. The van der Waals surface area contributed by atoms with Gasteiger partial charge in [0.15, 0.2) is 0 Å². The lowest BCUT2D eigenvalue weighted by Crippen LogP contribution is -2.38. The van der Waals surface area contributed by atoms with E-state index in [2.05, 4.69) is 48.9 Å². The quantitative estimate of drug-likeness (QED) is 0.191. The van der Waals surface area contributed by atoms with Crippen LogP contribution in [-0.2, 0) is 9.59 Å². The van der Waals surface area contributed by atoms with E-state index in [9.17, 15) is 9.59 Å². The van der Waals surface area contributed by atoms with Crippen molar-refractivity contribution in [3.05, 3.63) is 93.9 Å². The van der Waals surface area contributed by atoms with Gasteiger partial charge in [-0.15, -0.1) is 0 Å². The number of rotatable bonds is 7. The number of aromatic nitrogens is 2. The van der Waals surface area contributed by atoms with Crippen LogP contribution in [0.2, 0.25) is 15.1 Å². The fourth-order valence-electron chi connectivity index (χ4n) is 6.12. The van der Waals surface area contributed by atoms with Gasteiger partial charge in [0.2, 0.25) is 11.8 Å². The van der Waals surface area contributed by atoms with Gasteiger partial charge < -0.3 is 36.2 Å². The molecule has 0 atom stereocenters. The fraction of sp³-hybridized carbons (Fsp3) is 0.351. The van der Waals surface area contributed by atoms with E-state index < -0.39 is 7.12 Å². The average molecular weight is 769 g/mol. The van der Waals surface area contributed by atoms with Crippen molar-refractivity contribution >= 4 is 76.3 Å². The van der Waals surface area contributed by atoms with Gasteiger partial charge in [0.25, 0.3) is 0 Å². The Hall–Kier alpha value is -4.07. The number of halogens is 3. The molecule has 276 valence electrons. The summed E-state index contributed by atoms with van der Waals surface area (Å²) in [5.74, 6) is -0.512. The number of hydrogen-bond acceptors (Lipinski definition) is 9. The summed E-state index contributed by atoms with van der Waals surface area (Å²) in [6, 6.07) is 15.4. The molecule has 2 saturated heterocycles. The Bertz CT molecular complexity index is 1760. The number of anilines is 3. The Kier molecular flexibility index (Phi) is 15.0. The molecule has 2 fully saturated rings. The summed E-state index contributed by atoms with van der Waals surface area (Å²) >= 11 is 18.7. The summed E-state index contributed by atoms with van der Waals surface area (Å²) in [6.07, 6.45) is 9.67. The van der Waals surface area contributed by atoms with Crippen molar-refractivity contribution < 1.29 is 19.6 Å². The van der Waals surface area contributed by atoms with Crippen molar-refractivity contribution in [1.29, 1.82) is 0 Å². The second-order valence-corrected chi connectivity index (χ2v) is 14.2. The number of nitrogens with two attached hydrogens (primary N) is 2. The maximum Gasteiger partial charge on any atom is 0.488 e. The van der Waals surface area contributed by atoms with Gasteiger partial charge in [-0.05, 0) is 55.8 Å². The van der Waals surface area contributed by atoms with Crippen LogP contribution in [0, 0.1) is 18.8 Å². The molecule has 4 heterocycles. The predicted molar refractivity (Wildman–Crippen MR) is 213 cm³/mol. The third-order valence-electron chi connectivity index (χ3n) is 9.20. The van der Waals surface area contributed by atoms with Crippen LogP contribution in [0.1, 0.15) is 31.2 Å². The van der Waals surface area contributed by atoms with E-state index in [0.717, 1.165) is 85.6 Å². The first kappa shape index (κ1) is 40.7. The molecule has 2 aliphatic heterocycles. The monoisotopic (exact) mass is 767 g/mol. The highest BCUT2D eigenvalue weighted by Crippen LogP contribution is 2.39. The number of nitrogens with zero attached hydrogens (tertiary/aromatic N) is 5. The summed E-state index contributed by atoms with van der Waals surface area (Å²) < 4.78 is 0. The van der Waals surface area contributed by atoms with Crippen molar-refractivity contribution in [2.24, 2.45) is 23.3 Å². The minimum absolute atomic E-state index is 0.0364. The lowest BCUT2D eigenvalue weighted by atomic mass is 9.80. The molecule has 6 N–H and O–H groups in total. The highest BCUT2D eigenvalue weighted by molar-refractivity contribution is 6.58. The number of primary amides is 2. The van der Waals surface area contributed by atoms with Crippen LogP contribution in [0.4, 0.5) is 17.1 Å². The zero-order valence-electron chi connectivity index (χ0n) is 29.6. The number of amides is 2. The maximum absolute atomic E-state index is 11.4. The van der Waals surface area contributed by atoms with Crippen LogP contribution >= 0.6 is 34.8 Å². The highest BCUT2D eigenvalue weighted by atomic mass is 35.5. The second-order valence-electron chi connectivity index (χ2n) is 13.0. The molecule has 0 spiro atoms. The topological polar surface area (TPSA) is 162 Å². The van der Waals surface area contributed by atoms with Gasteiger partial charge in [-0.1, -0.05) is 76.8 Å². The van der Waals surface area contributed by atoms with Crippen LogP contribution in [0.3, 0.4) is 0 Å². The van der Waals surface area contributed by atoms with Gasteiger partial charge in [-0.3, -0.25) is 19.6 Å². The third-order valence-corrected chi connectivity index (χ3v) is 10.0. The molecule has 2 aliphatic rings. The molecule has 4 aromatic rings. The van der Waals surface area contributed by atoms with E-state index >= 15 is 0 Å². The Morgan fingerprint density at radius 1 is 0.712 bits per heavy atom. The Balaban J connectivity index is 0.000000193. The third kappa shape index (κ3) is 11.0. The molecular weight excluding hydrogens is 724 g/mol. The summed E-state index contributed by atoms with van der Waals surface area (Å²) in [7, 11) is 2.69. The molecule has 2 aromatic heterocycles. The summed E-state index contributed by atoms with van der Waals surface area (Å²) in [5.41, 5.74) is 17.4. The maximum atomic E-state index is 11.4. The van der Waals surface area contributed by atoms with Crippen molar-refractivity contribution in [3.8, 4) is 11.1 Å².